The van der Waals surface area contributed by atoms with Crippen LogP contribution in [-0.4, -0.2) is 9.52 Å². The van der Waals surface area contributed by atoms with Gasteiger partial charge >= 0.3 is 0 Å². The summed E-state index contributed by atoms with van der Waals surface area (Å²) in [6.07, 6.45) is 27.2. The van der Waals surface area contributed by atoms with Gasteiger partial charge in [-0.1, -0.05) is 168 Å². The van der Waals surface area contributed by atoms with Crippen molar-refractivity contribution in [3.63, 3.8) is 0 Å². The molecule has 1 aliphatic rings. The van der Waals surface area contributed by atoms with E-state index >= 15 is 0 Å². The molecule has 1 unspecified atom stereocenters. The highest BCUT2D eigenvalue weighted by atomic mass is 28.2. The van der Waals surface area contributed by atoms with E-state index in [1.54, 1.807) is 21.5 Å². The van der Waals surface area contributed by atoms with Gasteiger partial charge in [0.2, 0.25) is 0 Å². The summed E-state index contributed by atoms with van der Waals surface area (Å²) in [5.41, 5.74) is 3.20. The monoisotopic (exact) mass is 452 g/mol. The highest BCUT2D eigenvalue weighted by Gasteiger charge is 2.22. The summed E-state index contributed by atoms with van der Waals surface area (Å²) in [5.74, 6) is 0.758. The predicted octanol–water partition coefficient (Wildman–Crippen LogP) is 8.98. The van der Waals surface area contributed by atoms with Crippen LogP contribution in [-0.2, 0) is 0 Å². The molecule has 1 aromatic rings. The molecule has 0 radical (unpaired) electrons. The van der Waals surface area contributed by atoms with E-state index in [0.717, 1.165) is 5.92 Å². The van der Waals surface area contributed by atoms with Crippen molar-refractivity contribution in [3.8, 4) is 0 Å². The average Bonchev–Trinajstić information content (AvgIpc) is 3.06. The van der Waals surface area contributed by atoms with E-state index in [4.69, 9.17) is 0 Å². The Bertz CT molecular complexity index is 654. The first-order valence-electron chi connectivity index (χ1n) is 14.1. The van der Waals surface area contributed by atoms with Gasteiger partial charge < -0.3 is 0 Å². The maximum Gasteiger partial charge on any atom is 0.0832 e. The summed E-state index contributed by atoms with van der Waals surface area (Å²) in [6, 6.07) is 11.2. The molecule has 0 amide bonds. The summed E-state index contributed by atoms with van der Waals surface area (Å²) in [7, 11) is -0.294. The topological polar surface area (TPSA) is 0 Å². The summed E-state index contributed by atoms with van der Waals surface area (Å²) in [5, 5.41) is 3.38. The van der Waals surface area contributed by atoms with E-state index in [0.29, 0.717) is 0 Å². The molecule has 0 spiro atoms. The summed E-state index contributed by atoms with van der Waals surface area (Å²) in [6.45, 7) is 7.01. The number of rotatable bonds is 19. The van der Waals surface area contributed by atoms with Crippen molar-refractivity contribution in [1.82, 2.24) is 0 Å². The molecule has 180 valence electrons. The van der Waals surface area contributed by atoms with E-state index in [2.05, 4.69) is 57.2 Å². The minimum atomic E-state index is -0.294. The molecule has 1 aliphatic carbocycles. The van der Waals surface area contributed by atoms with Crippen LogP contribution >= 0.6 is 0 Å². The molecule has 0 heterocycles. The van der Waals surface area contributed by atoms with Crippen molar-refractivity contribution < 1.29 is 0 Å². The Balaban J connectivity index is 1.44. The number of benzene rings is 1. The quantitative estimate of drug-likeness (QED) is 0.145. The molecule has 1 heteroatoms. The Labute approximate surface area is 203 Å². The average molecular weight is 453 g/mol. The van der Waals surface area contributed by atoms with Gasteiger partial charge in [-0.15, -0.1) is 0 Å². The van der Waals surface area contributed by atoms with Gasteiger partial charge in [-0.2, -0.15) is 0 Å². The van der Waals surface area contributed by atoms with Crippen molar-refractivity contribution in [2.75, 3.05) is 0 Å². The van der Waals surface area contributed by atoms with Crippen molar-refractivity contribution >= 4 is 14.7 Å². The SMILES string of the molecule is CCCCCCCCCCCCCCCCCCC1C([SiH2]c2ccccc2)=CC(C)=C1C. The van der Waals surface area contributed by atoms with Gasteiger partial charge in [0.25, 0.3) is 0 Å². The Hall–Kier alpha value is -1.08. The van der Waals surface area contributed by atoms with Crippen LogP contribution in [0.5, 0.6) is 0 Å². The number of allylic oxidation sites excluding steroid dienone is 4. The van der Waals surface area contributed by atoms with Crippen molar-refractivity contribution in [2.24, 2.45) is 5.92 Å². The third-order valence-corrected chi connectivity index (χ3v) is 9.58. The Kier molecular flexibility index (Phi) is 14.8. The van der Waals surface area contributed by atoms with Crippen molar-refractivity contribution in [1.29, 1.82) is 0 Å². The zero-order chi connectivity index (χ0) is 22.9. The van der Waals surface area contributed by atoms with Crippen LogP contribution in [0.2, 0.25) is 0 Å². The van der Waals surface area contributed by atoms with Crippen LogP contribution in [0.4, 0.5) is 0 Å². The smallest absolute Gasteiger partial charge is 0.0754 e. The lowest BCUT2D eigenvalue weighted by atomic mass is 9.95. The second kappa shape index (κ2) is 17.4. The lowest BCUT2D eigenvalue weighted by Gasteiger charge is -2.17. The molecule has 32 heavy (non-hydrogen) atoms. The van der Waals surface area contributed by atoms with Gasteiger partial charge in [-0.05, 0) is 26.2 Å². The van der Waals surface area contributed by atoms with Crippen LogP contribution < -0.4 is 5.19 Å². The zero-order valence-electron chi connectivity index (χ0n) is 21.8. The normalized spacial score (nSPS) is 16.5. The van der Waals surface area contributed by atoms with Crippen molar-refractivity contribution in [2.45, 2.75) is 130 Å². The summed E-state index contributed by atoms with van der Waals surface area (Å²) >= 11 is 0. The molecular formula is C31H52Si. The molecular weight excluding hydrogens is 400 g/mol. The molecule has 0 saturated carbocycles. The maximum absolute atomic E-state index is 2.53. The fraction of sp³-hybridized carbons (Fsp3) is 0.677. The Morgan fingerprint density at radius 3 is 1.59 bits per heavy atom. The van der Waals surface area contributed by atoms with Crippen LogP contribution in [0.25, 0.3) is 0 Å². The zero-order valence-corrected chi connectivity index (χ0v) is 23.2. The minimum absolute atomic E-state index is 0.294. The maximum atomic E-state index is 2.53. The van der Waals surface area contributed by atoms with Crippen molar-refractivity contribution in [3.05, 3.63) is 52.8 Å². The standard InChI is InChI=1S/C31H52Si/c1-4-5-6-7-8-9-10-11-12-13-14-15-16-17-18-22-25-30-28(3)27(2)26-31(30)32-29-23-20-19-21-24-29/h19-21,23-24,26,30H,4-18,22,25,32H2,1-3H3. The van der Waals surface area contributed by atoms with Gasteiger partial charge in [0.1, 0.15) is 0 Å². The van der Waals surface area contributed by atoms with E-state index < -0.39 is 0 Å². The minimum Gasteiger partial charge on any atom is -0.0754 e. The molecule has 1 aromatic carbocycles. The van der Waals surface area contributed by atoms with E-state index in [9.17, 15) is 0 Å². The number of hydrogen-bond donors (Lipinski definition) is 0. The first-order valence-corrected chi connectivity index (χ1v) is 15.6. The second-order valence-electron chi connectivity index (χ2n) is 10.4. The van der Waals surface area contributed by atoms with E-state index in [-0.39, 0.29) is 9.52 Å². The van der Waals surface area contributed by atoms with Crippen LogP contribution in [0.1, 0.15) is 130 Å². The van der Waals surface area contributed by atoms with Gasteiger partial charge in [0, 0.05) is 0 Å². The molecule has 0 fully saturated rings. The second-order valence-corrected chi connectivity index (χ2v) is 12.4. The molecule has 0 aliphatic heterocycles. The van der Waals surface area contributed by atoms with Gasteiger partial charge in [0.15, 0.2) is 0 Å². The third-order valence-electron chi connectivity index (χ3n) is 7.59. The highest BCUT2D eigenvalue weighted by molar-refractivity contribution is 6.61. The molecule has 0 N–H and O–H groups in total. The molecule has 0 bridgehead atoms. The molecule has 0 aromatic heterocycles. The number of unbranched alkanes of at least 4 members (excludes halogenated alkanes) is 15. The van der Waals surface area contributed by atoms with Crippen LogP contribution in [0.15, 0.2) is 52.8 Å². The largest absolute Gasteiger partial charge is 0.0832 e. The summed E-state index contributed by atoms with van der Waals surface area (Å²) in [4.78, 5) is 0. The van der Waals surface area contributed by atoms with Gasteiger partial charge in [-0.3, -0.25) is 0 Å². The third kappa shape index (κ3) is 11.2. The Morgan fingerprint density at radius 1 is 0.625 bits per heavy atom. The van der Waals surface area contributed by atoms with Gasteiger partial charge in [0.05, 0.1) is 9.52 Å². The van der Waals surface area contributed by atoms with Crippen LogP contribution in [0, 0.1) is 5.92 Å². The summed E-state index contributed by atoms with van der Waals surface area (Å²) < 4.78 is 0. The van der Waals surface area contributed by atoms with Gasteiger partial charge in [-0.25, -0.2) is 0 Å². The fourth-order valence-electron chi connectivity index (χ4n) is 5.35. The molecule has 1 atom stereocenters. The number of hydrogen-bond acceptors (Lipinski definition) is 0. The van der Waals surface area contributed by atoms with E-state index in [1.165, 1.54) is 109 Å². The Morgan fingerprint density at radius 2 is 1.09 bits per heavy atom. The molecule has 2 rings (SSSR count). The lowest BCUT2D eigenvalue weighted by molar-refractivity contribution is 0.519. The highest BCUT2D eigenvalue weighted by Crippen LogP contribution is 2.34. The molecule has 0 saturated heterocycles. The van der Waals surface area contributed by atoms with Crippen LogP contribution in [0.3, 0.4) is 0 Å². The predicted molar refractivity (Wildman–Crippen MR) is 149 cm³/mol. The van der Waals surface area contributed by atoms with E-state index in [1.807, 2.05) is 0 Å². The molecule has 0 nitrogen and oxygen atoms in total. The first-order chi connectivity index (χ1) is 15.7. The first kappa shape index (κ1) is 27.2. The fourth-order valence-corrected chi connectivity index (χ4v) is 7.49. The lowest BCUT2D eigenvalue weighted by Crippen LogP contribution is -2.20.